The maximum absolute atomic E-state index is 12.1. The Hall–Kier alpha value is -3.02. The van der Waals surface area contributed by atoms with E-state index in [0.29, 0.717) is 18.7 Å². The van der Waals surface area contributed by atoms with E-state index in [4.69, 9.17) is 14.2 Å². The zero-order valence-electron chi connectivity index (χ0n) is 16.9. The van der Waals surface area contributed by atoms with Crippen LogP contribution in [-0.2, 0) is 33.6 Å². The first-order valence-corrected chi connectivity index (χ1v) is 9.90. The molecule has 6 nitrogen and oxygen atoms in total. The van der Waals surface area contributed by atoms with E-state index in [2.05, 4.69) is 5.32 Å². The quantitative estimate of drug-likeness (QED) is 0.659. The summed E-state index contributed by atoms with van der Waals surface area (Å²) in [5.74, 6) is 0.548. The van der Waals surface area contributed by atoms with Crippen molar-refractivity contribution >= 4 is 11.9 Å². The van der Waals surface area contributed by atoms with Crippen molar-refractivity contribution in [1.29, 1.82) is 0 Å². The fraction of sp³-hybridized carbons (Fsp3) is 0.391. The Balaban J connectivity index is 1.36. The van der Waals surface area contributed by atoms with Crippen LogP contribution >= 0.6 is 0 Å². The van der Waals surface area contributed by atoms with Crippen molar-refractivity contribution in [2.24, 2.45) is 0 Å². The molecule has 29 heavy (non-hydrogen) atoms. The second kappa shape index (κ2) is 9.96. The second-order valence-electron chi connectivity index (χ2n) is 7.09. The molecule has 0 bridgehead atoms. The number of carbonyl (C=O) groups is 2. The average molecular weight is 397 g/mol. The minimum atomic E-state index is -0.873. The molecule has 2 aromatic rings. The van der Waals surface area contributed by atoms with Gasteiger partial charge in [0.25, 0.3) is 5.91 Å². The van der Waals surface area contributed by atoms with Gasteiger partial charge in [-0.3, -0.25) is 4.79 Å². The Kier molecular flexibility index (Phi) is 7.11. The van der Waals surface area contributed by atoms with Gasteiger partial charge < -0.3 is 19.5 Å². The minimum absolute atomic E-state index is 0.220. The topological polar surface area (TPSA) is 73.9 Å². The lowest BCUT2D eigenvalue weighted by Gasteiger charge is -2.14. The van der Waals surface area contributed by atoms with Crippen LogP contribution in [0.15, 0.2) is 42.5 Å². The number of ether oxygens (including phenoxy) is 3. The van der Waals surface area contributed by atoms with Crippen molar-refractivity contribution in [3.63, 3.8) is 0 Å². The van der Waals surface area contributed by atoms with Gasteiger partial charge in [-0.2, -0.15) is 0 Å². The number of amides is 1. The van der Waals surface area contributed by atoms with Crippen LogP contribution in [0.3, 0.4) is 0 Å². The molecule has 0 heterocycles. The SMILES string of the molecule is COc1ccc(CCNC(=O)[C@H](C)OC(=O)COc2ccc3c(c2)CCC3)cc1. The Bertz CT molecular complexity index is 847. The van der Waals surface area contributed by atoms with E-state index in [0.717, 1.165) is 30.6 Å². The summed E-state index contributed by atoms with van der Waals surface area (Å²) in [6.07, 6.45) is 3.11. The summed E-state index contributed by atoms with van der Waals surface area (Å²) in [5, 5.41) is 2.78. The van der Waals surface area contributed by atoms with Crippen LogP contribution in [0, 0.1) is 0 Å². The third-order valence-electron chi connectivity index (χ3n) is 4.98. The summed E-state index contributed by atoms with van der Waals surface area (Å²) in [7, 11) is 1.62. The molecule has 0 saturated heterocycles. The van der Waals surface area contributed by atoms with E-state index in [9.17, 15) is 9.59 Å². The first kappa shape index (κ1) is 20.7. The third kappa shape index (κ3) is 5.98. The van der Waals surface area contributed by atoms with Crippen molar-refractivity contribution < 1.29 is 23.8 Å². The zero-order chi connectivity index (χ0) is 20.6. The van der Waals surface area contributed by atoms with Crippen LogP contribution in [0.2, 0.25) is 0 Å². The van der Waals surface area contributed by atoms with E-state index in [-0.39, 0.29) is 12.5 Å². The fourth-order valence-corrected chi connectivity index (χ4v) is 3.33. The highest BCUT2D eigenvalue weighted by Crippen LogP contribution is 2.26. The van der Waals surface area contributed by atoms with Gasteiger partial charge in [0, 0.05) is 6.54 Å². The Morgan fingerprint density at radius 3 is 2.52 bits per heavy atom. The molecule has 1 N–H and O–H groups in total. The molecule has 2 aromatic carbocycles. The standard InChI is InChI=1S/C23H27NO5/c1-16(23(26)24-13-12-17-6-9-20(27-2)10-7-17)29-22(25)15-28-21-11-8-18-4-3-5-19(18)14-21/h6-11,14,16H,3-5,12-13,15H2,1-2H3,(H,24,26)/t16-/m0/s1. The summed E-state index contributed by atoms with van der Waals surface area (Å²) in [5.41, 5.74) is 3.71. The van der Waals surface area contributed by atoms with Crippen molar-refractivity contribution in [2.75, 3.05) is 20.3 Å². The first-order chi connectivity index (χ1) is 14.0. The van der Waals surface area contributed by atoms with Crippen LogP contribution in [0.25, 0.3) is 0 Å². The monoisotopic (exact) mass is 397 g/mol. The highest BCUT2D eigenvalue weighted by Gasteiger charge is 2.18. The van der Waals surface area contributed by atoms with Crippen LogP contribution in [-0.4, -0.2) is 38.2 Å². The largest absolute Gasteiger partial charge is 0.497 e. The summed E-state index contributed by atoms with van der Waals surface area (Å²) >= 11 is 0. The van der Waals surface area contributed by atoms with E-state index >= 15 is 0 Å². The van der Waals surface area contributed by atoms with E-state index in [1.165, 1.54) is 11.1 Å². The molecule has 0 fully saturated rings. The lowest BCUT2D eigenvalue weighted by molar-refractivity contribution is -0.156. The number of aryl methyl sites for hydroxylation is 2. The predicted molar refractivity (Wildman–Crippen MR) is 109 cm³/mol. The molecule has 6 heteroatoms. The summed E-state index contributed by atoms with van der Waals surface area (Å²) in [6, 6.07) is 13.5. The number of rotatable bonds is 9. The zero-order valence-corrected chi connectivity index (χ0v) is 16.9. The maximum Gasteiger partial charge on any atom is 0.344 e. The molecule has 1 amide bonds. The van der Waals surface area contributed by atoms with Crippen LogP contribution in [0.5, 0.6) is 11.5 Å². The van der Waals surface area contributed by atoms with Gasteiger partial charge in [0.2, 0.25) is 0 Å². The van der Waals surface area contributed by atoms with Gasteiger partial charge in [0.05, 0.1) is 7.11 Å². The highest BCUT2D eigenvalue weighted by molar-refractivity contribution is 5.83. The van der Waals surface area contributed by atoms with Crippen molar-refractivity contribution in [3.8, 4) is 11.5 Å². The number of hydrogen-bond donors (Lipinski definition) is 1. The highest BCUT2D eigenvalue weighted by atomic mass is 16.6. The second-order valence-corrected chi connectivity index (χ2v) is 7.09. The van der Waals surface area contributed by atoms with Crippen LogP contribution in [0.1, 0.15) is 30.0 Å². The number of fused-ring (bicyclic) bond motifs is 1. The molecule has 154 valence electrons. The molecule has 1 atom stereocenters. The van der Waals surface area contributed by atoms with Crippen molar-refractivity contribution in [2.45, 2.75) is 38.7 Å². The van der Waals surface area contributed by atoms with Gasteiger partial charge in [-0.05, 0) is 73.6 Å². The molecule has 0 spiro atoms. The lowest BCUT2D eigenvalue weighted by atomic mass is 10.1. The summed E-state index contributed by atoms with van der Waals surface area (Å²) < 4.78 is 15.8. The normalized spacial score (nSPS) is 13.3. The first-order valence-electron chi connectivity index (χ1n) is 9.90. The predicted octanol–water partition coefficient (Wildman–Crippen LogP) is 2.85. The van der Waals surface area contributed by atoms with Gasteiger partial charge >= 0.3 is 5.97 Å². The molecule has 0 unspecified atom stereocenters. The molecular formula is C23H27NO5. The van der Waals surface area contributed by atoms with Crippen molar-refractivity contribution in [3.05, 3.63) is 59.2 Å². The van der Waals surface area contributed by atoms with E-state index in [1.54, 1.807) is 14.0 Å². The fourth-order valence-electron chi connectivity index (χ4n) is 3.33. The molecule has 3 rings (SSSR count). The number of methoxy groups -OCH3 is 1. The molecule has 0 radical (unpaired) electrons. The smallest absolute Gasteiger partial charge is 0.344 e. The molecule has 0 aliphatic heterocycles. The Morgan fingerprint density at radius 2 is 1.76 bits per heavy atom. The lowest BCUT2D eigenvalue weighted by Crippen LogP contribution is -2.37. The van der Waals surface area contributed by atoms with Gasteiger partial charge in [0.15, 0.2) is 12.7 Å². The molecule has 0 saturated carbocycles. The van der Waals surface area contributed by atoms with Gasteiger partial charge in [-0.25, -0.2) is 4.79 Å². The minimum Gasteiger partial charge on any atom is -0.497 e. The number of benzene rings is 2. The van der Waals surface area contributed by atoms with Crippen LogP contribution in [0.4, 0.5) is 0 Å². The Morgan fingerprint density at radius 1 is 1.03 bits per heavy atom. The average Bonchev–Trinajstić information content (AvgIpc) is 3.20. The molecule has 1 aliphatic rings. The van der Waals surface area contributed by atoms with Gasteiger partial charge in [-0.15, -0.1) is 0 Å². The van der Waals surface area contributed by atoms with Gasteiger partial charge in [0.1, 0.15) is 11.5 Å². The maximum atomic E-state index is 12.1. The number of esters is 1. The van der Waals surface area contributed by atoms with E-state index in [1.807, 2.05) is 42.5 Å². The summed E-state index contributed by atoms with van der Waals surface area (Å²) in [4.78, 5) is 24.1. The molecule has 0 aromatic heterocycles. The van der Waals surface area contributed by atoms with Crippen molar-refractivity contribution in [1.82, 2.24) is 5.32 Å². The number of carbonyl (C=O) groups excluding carboxylic acids is 2. The van der Waals surface area contributed by atoms with Gasteiger partial charge in [-0.1, -0.05) is 18.2 Å². The Labute approximate surface area is 171 Å². The van der Waals surface area contributed by atoms with Crippen LogP contribution < -0.4 is 14.8 Å². The number of hydrogen-bond acceptors (Lipinski definition) is 5. The third-order valence-corrected chi connectivity index (χ3v) is 4.98. The summed E-state index contributed by atoms with van der Waals surface area (Å²) in [6.45, 7) is 1.79. The van der Waals surface area contributed by atoms with E-state index < -0.39 is 12.1 Å². The number of nitrogens with one attached hydrogen (secondary N) is 1. The molecular weight excluding hydrogens is 370 g/mol. The molecule has 1 aliphatic carbocycles.